The minimum atomic E-state index is 0.0776. The van der Waals surface area contributed by atoms with E-state index in [1.54, 1.807) is 0 Å². The van der Waals surface area contributed by atoms with E-state index in [1.165, 1.54) is 6.42 Å². The monoisotopic (exact) mass is 278 g/mol. The van der Waals surface area contributed by atoms with Crippen molar-refractivity contribution in [2.24, 2.45) is 5.41 Å². The van der Waals surface area contributed by atoms with Crippen molar-refractivity contribution in [3.8, 4) is 0 Å². The predicted molar refractivity (Wildman–Crippen MR) is 76.6 cm³/mol. The summed E-state index contributed by atoms with van der Waals surface area (Å²) in [6.07, 6.45) is 2.29. The van der Waals surface area contributed by atoms with Crippen molar-refractivity contribution in [3.05, 3.63) is 34.3 Å². The lowest BCUT2D eigenvalue weighted by molar-refractivity contribution is 0.0776. The van der Waals surface area contributed by atoms with Gasteiger partial charge in [-0.05, 0) is 44.0 Å². The molecule has 2 fully saturated rings. The molecule has 1 atom stereocenters. The number of likely N-dealkylation sites (tertiary alicyclic amines) is 1. The van der Waals surface area contributed by atoms with Crippen LogP contribution in [0.5, 0.6) is 0 Å². The summed E-state index contributed by atoms with van der Waals surface area (Å²) in [5, 5.41) is 3.97. The van der Waals surface area contributed by atoms with Gasteiger partial charge in [0.25, 0.3) is 5.91 Å². The molecule has 2 heterocycles. The highest BCUT2D eigenvalue weighted by molar-refractivity contribution is 6.33. The third kappa shape index (κ3) is 2.37. The molecule has 4 heteroatoms. The Hall–Kier alpha value is -1.06. The van der Waals surface area contributed by atoms with Gasteiger partial charge in [0.15, 0.2) is 0 Å². The summed E-state index contributed by atoms with van der Waals surface area (Å²) in [7, 11) is 0. The van der Waals surface area contributed by atoms with Crippen molar-refractivity contribution in [2.45, 2.75) is 19.8 Å². The summed E-state index contributed by atoms with van der Waals surface area (Å²) in [6, 6.07) is 5.65. The van der Waals surface area contributed by atoms with Crippen LogP contribution in [0.25, 0.3) is 0 Å². The van der Waals surface area contributed by atoms with Crippen LogP contribution in [0.15, 0.2) is 18.2 Å². The van der Waals surface area contributed by atoms with Gasteiger partial charge in [-0.25, -0.2) is 0 Å². The average Bonchev–Trinajstić information content (AvgIpc) is 3.00. The molecule has 0 saturated carbocycles. The highest BCUT2D eigenvalue weighted by atomic mass is 35.5. The number of halogens is 1. The standard InChI is InChI=1S/C15H19ClN2O/c1-11-2-3-12(13(16)8-11)14(19)18-7-5-15(10-18)4-6-17-9-15/h2-3,8,17H,4-7,9-10H2,1H3. The van der Waals surface area contributed by atoms with E-state index >= 15 is 0 Å². The maximum Gasteiger partial charge on any atom is 0.255 e. The molecule has 2 aliphatic heterocycles. The SMILES string of the molecule is Cc1ccc(C(=O)N2CCC3(CCNC3)C2)c(Cl)c1. The number of rotatable bonds is 1. The van der Waals surface area contributed by atoms with E-state index in [-0.39, 0.29) is 5.91 Å². The minimum Gasteiger partial charge on any atom is -0.338 e. The molecule has 1 amide bonds. The molecule has 0 radical (unpaired) electrons. The van der Waals surface area contributed by atoms with Crippen molar-refractivity contribution in [1.29, 1.82) is 0 Å². The first-order valence-corrected chi connectivity index (χ1v) is 7.24. The molecule has 1 aromatic rings. The maximum absolute atomic E-state index is 12.5. The van der Waals surface area contributed by atoms with Gasteiger partial charge in [-0.2, -0.15) is 0 Å². The number of nitrogens with one attached hydrogen (secondary N) is 1. The smallest absolute Gasteiger partial charge is 0.255 e. The zero-order valence-corrected chi connectivity index (χ0v) is 12.0. The molecule has 1 unspecified atom stereocenters. The number of hydrogen-bond donors (Lipinski definition) is 1. The molecule has 3 nitrogen and oxygen atoms in total. The fourth-order valence-electron chi connectivity index (χ4n) is 3.22. The van der Waals surface area contributed by atoms with Gasteiger partial charge in [0.1, 0.15) is 0 Å². The van der Waals surface area contributed by atoms with Gasteiger partial charge in [0, 0.05) is 25.0 Å². The predicted octanol–water partition coefficient (Wildman–Crippen LogP) is 2.47. The molecule has 2 saturated heterocycles. The molecular weight excluding hydrogens is 260 g/mol. The third-order valence-corrected chi connectivity index (χ3v) is 4.73. The molecule has 1 N–H and O–H groups in total. The highest BCUT2D eigenvalue weighted by Crippen LogP contribution is 2.37. The number of aryl methyl sites for hydroxylation is 1. The van der Waals surface area contributed by atoms with Crippen LogP contribution in [-0.2, 0) is 0 Å². The maximum atomic E-state index is 12.5. The fourth-order valence-corrected chi connectivity index (χ4v) is 3.53. The van der Waals surface area contributed by atoms with Crippen molar-refractivity contribution >= 4 is 17.5 Å². The van der Waals surface area contributed by atoms with Gasteiger partial charge in [-0.1, -0.05) is 17.7 Å². The second-order valence-corrected chi connectivity index (χ2v) is 6.29. The van der Waals surface area contributed by atoms with E-state index in [4.69, 9.17) is 11.6 Å². The van der Waals surface area contributed by atoms with Crippen LogP contribution < -0.4 is 5.32 Å². The topological polar surface area (TPSA) is 32.3 Å². The van der Waals surface area contributed by atoms with E-state index < -0.39 is 0 Å². The van der Waals surface area contributed by atoms with Crippen LogP contribution in [0.2, 0.25) is 5.02 Å². The Balaban J connectivity index is 1.78. The van der Waals surface area contributed by atoms with Crippen molar-refractivity contribution in [2.75, 3.05) is 26.2 Å². The van der Waals surface area contributed by atoms with Crippen molar-refractivity contribution < 1.29 is 4.79 Å². The van der Waals surface area contributed by atoms with Crippen LogP contribution in [0, 0.1) is 12.3 Å². The molecule has 0 bridgehead atoms. The summed E-state index contributed by atoms with van der Waals surface area (Å²) in [6.45, 7) is 5.81. The Kier molecular flexibility index (Phi) is 3.27. The number of carbonyl (C=O) groups is 1. The Morgan fingerprint density at radius 2 is 2.26 bits per heavy atom. The normalized spacial score (nSPS) is 26.3. The second kappa shape index (κ2) is 4.80. The molecule has 0 aromatic heterocycles. The summed E-state index contributed by atoms with van der Waals surface area (Å²) < 4.78 is 0. The third-order valence-electron chi connectivity index (χ3n) is 4.41. The molecule has 19 heavy (non-hydrogen) atoms. The number of carbonyl (C=O) groups excluding carboxylic acids is 1. The van der Waals surface area contributed by atoms with Gasteiger partial charge in [-0.15, -0.1) is 0 Å². The summed E-state index contributed by atoms with van der Waals surface area (Å²) in [4.78, 5) is 14.5. The van der Waals surface area contributed by atoms with Crippen LogP contribution in [0.1, 0.15) is 28.8 Å². The van der Waals surface area contributed by atoms with E-state index in [0.717, 1.165) is 38.2 Å². The number of benzene rings is 1. The molecule has 2 aliphatic rings. The first-order chi connectivity index (χ1) is 9.10. The Morgan fingerprint density at radius 1 is 1.42 bits per heavy atom. The van der Waals surface area contributed by atoms with Gasteiger partial charge < -0.3 is 10.2 Å². The molecule has 0 aliphatic carbocycles. The minimum absolute atomic E-state index is 0.0776. The molecule has 1 spiro atoms. The molecule has 3 rings (SSSR count). The largest absolute Gasteiger partial charge is 0.338 e. The van der Waals surface area contributed by atoms with Crippen LogP contribution in [-0.4, -0.2) is 37.0 Å². The number of amides is 1. The highest BCUT2D eigenvalue weighted by Gasteiger charge is 2.42. The average molecular weight is 279 g/mol. The van der Waals surface area contributed by atoms with Gasteiger partial charge >= 0.3 is 0 Å². The summed E-state index contributed by atoms with van der Waals surface area (Å²) in [5.74, 6) is 0.0776. The number of nitrogens with zero attached hydrogens (tertiary/aromatic N) is 1. The number of hydrogen-bond acceptors (Lipinski definition) is 2. The second-order valence-electron chi connectivity index (χ2n) is 5.89. The van der Waals surface area contributed by atoms with Gasteiger partial charge in [-0.3, -0.25) is 4.79 Å². The van der Waals surface area contributed by atoms with E-state index in [0.29, 0.717) is 16.0 Å². The van der Waals surface area contributed by atoms with Crippen LogP contribution in [0.3, 0.4) is 0 Å². The lowest BCUT2D eigenvalue weighted by Gasteiger charge is -2.23. The first kappa shape index (κ1) is 12.9. The first-order valence-electron chi connectivity index (χ1n) is 6.86. The van der Waals surface area contributed by atoms with Gasteiger partial charge in [0.05, 0.1) is 10.6 Å². The Bertz CT molecular complexity index is 509. The Labute approximate surface area is 118 Å². The van der Waals surface area contributed by atoms with E-state index in [1.807, 2.05) is 30.0 Å². The van der Waals surface area contributed by atoms with Crippen molar-refractivity contribution in [1.82, 2.24) is 10.2 Å². The van der Waals surface area contributed by atoms with Crippen LogP contribution in [0.4, 0.5) is 0 Å². The Morgan fingerprint density at radius 3 is 2.95 bits per heavy atom. The lowest BCUT2D eigenvalue weighted by atomic mass is 9.86. The van der Waals surface area contributed by atoms with E-state index in [9.17, 15) is 4.79 Å². The summed E-state index contributed by atoms with van der Waals surface area (Å²) >= 11 is 6.19. The zero-order chi connectivity index (χ0) is 13.5. The van der Waals surface area contributed by atoms with E-state index in [2.05, 4.69) is 5.32 Å². The zero-order valence-electron chi connectivity index (χ0n) is 11.2. The van der Waals surface area contributed by atoms with Crippen molar-refractivity contribution in [3.63, 3.8) is 0 Å². The molecule has 102 valence electrons. The fraction of sp³-hybridized carbons (Fsp3) is 0.533. The molecule has 1 aromatic carbocycles. The summed E-state index contributed by atoms with van der Waals surface area (Å²) in [5.41, 5.74) is 2.03. The quantitative estimate of drug-likeness (QED) is 0.856. The molecular formula is C15H19ClN2O. The van der Waals surface area contributed by atoms with Gasteiger partial charge in [0.2, 0.25) is 0 Å². The lowest BCUT2D eigenvalue weighted by Crippen LogP contribution is -2.33. The van der Waals surface area contributed by atoms with Crippen LogP contribution >= 0.6 is 11.6 Å².